The van der Waals surface area contributed by atoms with E-state index in [9.17, 15) is 8.42 Å². The summed E-state index contributed by atoms with van der Waals surface area (Å²) in [7, 11) is -1.40. The van der Waals surface area contributed by atoms with Crippen LogP contribution in [0.2, 0.25) is 0 Å². The Hall–Kier alpha value is -1.36. The number of fused-ring (bicyclic) bond motifs is 1. The van der Waals surface area contributed by atoms with Gasteiger partial charge in [0.1, 0.15) is 0 Å². The summed E-state index contributed by atoms with van der Waals surface area (Å²) < 4.78 is 25.6. The fourth-order valence-corrected chi connectivity index (χ4v) is 2.65. The van der Waals surface area contributed by atoms with Gasteiger partial charge in [0, 0.05) is 12.4 Å². The number of benzene rings is 1. The van der Waals surface area contributed by atoms with E-state index in [1.165, 1.54) is 0 Å². The van der Waals surface area contributed by atoms with Crippen LogP contribution in [-0.2, 0) is 16.9 Å². The van der Waals surface area contributed by atoms with Gasteiger partial charge >= 0.3 is 0 Å². The maximum absolute atomic E-state index is 12.0. The lowest BCUT2D eigenvalue weighted by atomic mass is 10.2. The molecule has 0 fully saturated rings. The van der Waals surface area contributed by atoms with Gasteiger partial charge in [0.2, 0.25) is 0 Å². The summed E-state index contributed by atoms with van der Waals surface area (Å²) in [4.78, 5) is 0.360. The van der Waals surface area contributed by atoms with Crippen LogP contribution in [0.3, 0.4) is 0 Å². The minimum absolute atomic E-state index is 0.360. The van der Waals surface area contributed by atoms with Crippen molar-refractivity contribution in [2.75, 3.05) is 0 Å². The van der Waals surface area contributed by atoms with Crippen LogP contribution in [-0.4, -0.2) is 23.4 Å². The van der Waals surface area contributed by atoms with Gasteiger partial charge in [-0.15, -0.1) is 0 Å². The van der Waals surface area contributed by atoms with E-state index < -0.39 is 15.1 Å². The second-order valence-electron chi connectivity index (χ2n) is 4.08. The molecule has 0 atom stereocenters. The topological polar surface area (TPSA) is 52.0 Å². The predicted molar refractivity (Wildman–Crippen MR) is 63.0 cm³/mol. The summed E-state index contributed by atoms with van der Waals surface area (Å²) in [6.45, 7) is 3.37. The Kier molecular flexibility index (Phi) is 2.50. The summed E-state index contributed by atoms with van der Waals surface area (Å²) in [6.07, 6.45) is 1.72. The van der Waals surface area contributed by atoms with Crippen LogP contribution in [0.5, 0.6) is 0 Å². The van der Waals surface area contributed by atoms with Gasteiger partial charge in [0.15, 0.2) is 9.84 Å². The van der Waals surface area contributed by atoms with Crippen LogP contribution in [0, 0.1) is 0 Å². The molecule has 0 N–H and O–H groups in total. The normalized spacial score (nSPS) is 12.5. The number of aryl methyl sites for hydroxylation is 1. The van der Waals surface area contributed by atoms with Crippen molar-refractivity contribution in [3.63, 3.8) is 0 Å². The van der Waals surface area contributed by atoms with Crippen LogP contribution < -0.4 is 0 Å². The molecule has 2 aromatic rings. The molecule has 4 nitrogen and oxygen atoms in total. The fourth-order valence-electron chi connectivity index (χ4n) is 1.57. The van der Waals surface area contributed by atoms with Gasteiger partial charge in [0.05, 0.1) is 21.9 Å². The second-order valence-corrected chi connectivity index (χ2v) is 6.59. The quantitative estimate of drug-likeness (QED) is 0.801. The van der Waals surface area contributed by atoms with Gasteiger partial charge in [0.25, 0.3) is 0 Å². The third-order valence-electron chi connectivity index (χ3n) is 2.67. The first kappa shape index (κ1) is 11.1. The number of rotatable bonds is 2. The lowest BCUT2D eigenvalue weighted by molar-refractivity contribution is 0.587. The van der Waals surface area contributed by atoms with Crippen molar-refractivity contribution in [1.29, 1.82) is 0 Å². The van der Waals surface area contributed by atoms with Crippen LogP contribution in [0.4, 0.5) is 0 Å². The first-order chi connectivity index (χ1) is 7.43. The lowest BCUT2D eigenvalue weighted by Crippen LogP contribution is -2.13. The van der Waals surface area contributed by atoms with E-state index in [0.717, 1.165) is 10.9 Å². The van der Waals surface area contributed by atoms with Crippen molar-refractivity contribution in [2.24, 2.45) is 7.05 Å². The Bertz CT molecular complexity index is 626. The molecule has 0 saturated carbocycles. The molecule has 1 aromatic heterocycles. The molecule has 1 heterocycles. The molecule has 16 heavy (non-hydrogen) atoms. The molecule has 86 valence electrons. The fraction of sp³-hybridized carbons (Fsp3) is 0.364. The van der Waals surface area contributed by atoms with E-state index in [2.05, 4.69) is 5.10 Å². The van der Waals surface area contributed by atoms with E-state index >= 15 is 0 Å². The van der Waals surface area contributed by atoms with E-state index in [1.807, 2.05) is 0 Å². The van der Waals surface area contributed by atoms with E-state index in [1.54, 1.807) is 50.0 Å². The molecule has 0 radical (unpaired) electrons. The third kappa shape index (κ3) is 1.61. The Morgan fingerprint density at radius 2 is 2.00 bits per heavy atom. The molecule has 0 aliphatic rings. The maximum atomic E-state index is 12.0. The van der Waals surface area contributed by atoms with Crippen molar-refractivity contribution in [2.45, 2.75) is 24.0 Å². The largest absolute Gasteiger partial charge is 0.268 e. The number of sulfone groups is 1. The zero-order valence-electron chi connectivity index (χ0n) is 9.51. The molecule has 0 bridgehead atoms. The highest BCUT2D eigenvalue weighted by Gasteiger charge is 2.19. The summed E-state index contributed by atoms with van der Waals surface area (Å²) in [6, 6.07) is 5.11. The molecular formula is C11H14N2O2S. The number of aromatic nitrogens is 2. The highest BCUT2D eigenvalue weighted by molar-refractivity contribution is 7.92. The van der Waals surface area contributed by atoms with Crippen LogP contribution >= 0.6 is 0 Å². The van der Waals surface area contributed by atoms with Crippen molar-refractivity contribution in [1.82, 2.24) is 9.78 Å². The Morgan fingerprint density at radius 3 is 2.62 bits per heavy atom. The molecule has 1 aromatic carbocycles. The number of nitrogens with zero attached hydrogens (tertiary/aromatic N) is 2. The Balaban J connectivity index is 2.68. The number of hydrogen-bond acceptors (Lipinski definition) is 3. The minimum Gasteiger partial charge on any atom is -0.268 e. The minimum atomic E-state index is -3.20. The summed E-state index contributed by atoms with van der Waals surface area (Å²) >= 11 is 0. The number of hydrogen-bond donors (Lipinski definition) is 0. The van der Waals surface area contributed by atoms with E-state index in [4.69, 9.17) is 0 Å². The zero-order valence-corrected chi connectivity index (χ0v) is 10.3. The molecule has 0 unspecified atom stereocenters. The Morgan fingerprint density at radius 1 is 1.31 bits per heavy atom. The molecule has 0 aliphatic carbocycles. The molecular weight excluding hydrogens is 224 g/mol. The Labute approximate surface area is 94.8 Å². The van der Waals surface area contributed by atoms with E-state index in [-0.39, 0.29) is 0 Å². The predicted octanol–water partition coefficient (Wildman–Crippen LogP) is 1.76. The highest BCUT2D eigenvalue weighted by atomic mass is 32.2. The average Bonchev–Trinajstić information content (AvgIpc) is 2.60. The van der Waals surface area contributed by atoms with Gasteiger partial charge in [-0.3, -0.25) is 4.68 Å². The maximum Gasteiger partial charge on any atom is 0.180 e. The lowest BCUT2D eigenvalue weighted by Gasteiger charge is -2.07. The molecule has 0 saturated heterocycles. The molecule has 0 spiro atoms. The second kappa shape index (κ2) is 3.59. The molecule has 2 rings (SSSR count). The zero-order chi connectivity index (χ0) is 11.9. The average molecular weight is 238 g/mol. The van der Waals surface area contributed by atoms with Gasteiger partial charge in [-0.1, -0.05) is 0 Å². The van der Waals surface area contributed by atoms with Crippen LogP contribution in [0.15, 0.2) is 29.3 Å². The molecule has 0 amide bonds. The first-order valence-electron chi connectivity index (χ1n) is 5.08. The van der Waals surface area contributed by atoms with Crippen molar-refractivity contribution >= 4 is 20.7 Å². The molecule has 5 heteroatoms. The van der Waals surface area contributed by atoms with Crippen molar-refractivity contribution < 1.29 is 8.42 Å². The van der Waals surface area contributed by atoms with Gasteiger partial charge in [-0.25, -0.2) is 8.42 Å². The summed E-state index contributed by atoms with van der Waals surface area (Å²) in [5.74, 6) is 0. The highest BCUT2D eigenvalue weighted by Crippen LogP contribution is 2.21. The third-order valence-corrected chi connectivity index (χ3v) is 4.82. The van der Waals surface area contributed by atoms with Gasteiger partial charge in [-0.05, 0) is 32.0 Å². The van der Waals surface area contributed by atoms with Crippen molar-refractivity contribution in [3.8, 4) is 0 Å². The smallest absolute Gasteiger partial charge is 0.180 e. The van der Waals surface area contributed by atoms with E-state index in [0.29, 0.717) is 4.90 Å². The van der Waals surface area contributed by atoms with Crippen LogP contribution in [0.1, 0.15) is 13.8 Å². The van der Waals surface area contributed by atoms with Crippen molar-refractivity contribution in [3.05, 3.63) is 24.4 Å². The first-order valence-corrected chi connectivity index (χ1v) is 6.63. The monoisotopic (exact) mass is 238 g/mol. The SMILES string of the molecule is CC(C)S(=O)(=O)c1ccc2cnn(C)c2c1. The van der Waals surface area contributed by atoms with Gasteiger partial charge in [-0.2, -0.15) is 5.10 Å². The van der Waals surface area contributed by atoms with Gasteiger partial charge < -0.3 is 0 Å². The van der Waals surface area contributed by atoms with Crippen LogP contribution in [0.25, 0.3) is 10.9 Å². The standard InChI is InChI=1S/C11H14N2O2S/c1-8(2)16(14,15)10-5-4-9-7-12-13(3)11(9)6-10/h4-8H,1-3H3. The summed E-state index contributed by atoms with van der Waals surface area (Å²) in [5, 5.41) is 4.63. The molecule has 0 aliphatic heterocycles. The summed E-state index contributed by atoms with van der Waals surface area (Å²) in [5.41, 5.74) is 0.835.